The van der Waals surface area contributed by atoms with Gasteiger partial charge in [-0.15, -0.1) is 0 Å². The molecule has 2 N–H and O–H groups in total. The second-order valence-corrected chi connectivity index (χ2v) is 6.63. The van der Waals surface area contributed by atoms with E-state index < -0.39 is 5.54 Å². The van der Waals surface area contributed by atoms with Crippen molar-refractivity contribution >= 4 is 5.91 Å². The van der Waals surface area contributed by atoms with E-state index in [9.17, 15) is 10.1 Å². The summed E-state index contributed by atoms with van der Waals surface area (Å²) >= 11 is 0. The number of hydrogen-bond donors (Lipinski definition) is 2. The lowest BCUT2D eigenvalue weighted by atomic mass is 9.82. The Kier molecular flexibility index (Phi) is 6.18. The molecule has 0 spiro atoms. The van der Waals surface area contributed by atoms with Crippen molar-refractivity contribution in [3.8, 4) is 6.07 Å². The van der Waals surface area contributed by atoms with Crippen LogP contribution in [-0.4, -0.2) is 61.8 Å². The molecule has 22 heavy (non-hydrogen) atoms. The smallest absolute Gasteiger partial charge is 0.238 e. The van der Waals surface area contributed by atoms with E-state index in [0.717, 1.165) is 51.8 Å². The highest BCUT2D eigenvalue weighted by atomic mass is 16.5. The molecule has 0 aromatic heterocycles. The number of amides is 1. The van der Waals surface area contributed by atoms with Gasteiger partial charge in [-0.3, -0.25) is 4.79 Å². The minimum Gasteiger partial charge on any atom is -0.374 e. The monoisotopic (exact) mass is 308 g/mol. The molecule has 1 amide bonds. The summed E-state index contributed by atoms with van der Waals surface area (Å²) in [5.41, 5.74) is -0.660. The molecule has 1 heterocycles. The van der Waals surface area contributed by atoms with E-state index in [-0.39, 0.29) is 18.1 Å². The zero-order valence-corrected chi connectivity index (χ0v) is 13.7. The van der Waals surface area contributed by atoms with E-state index in [0.29, 0.717) is 6.54 Å². The third-order valence-corrected chi connectivity index (χ3v) is 4.67. The van der Waals surface area contributed by atoms with E-state index in [4.69, 9.17) is 4.74 Å². The second kappa shape index (κ2) is 7.91. The highest BCUT2D eigenvalue weighted by molar-refractivity contribution is 5.82. The van der Waals surface area contributed by atoms with Crippen molar-refractivity contribution in [1.29, 1.82) is 5.26 Å². The molecule has 1 saturated heterocycles. The largest absolute Gasteiger partial charge is 0.374 e. The lowest BCUT2D eigenvalue weighted by Gasteiger charge is -2.33. The Morgan fingerprint density at radius 2 is 2.18 bits per heavy atom. The Labute approximate surface area is 133 Å². The molecular formula is C16H28N4O2. The number of rotatable bonds is 5. The predicted molar refractivity (Wildman–Crippen MR) is 84.3 cm³/mol. The van der Waals surface area contributed by atoms with Crippen LogP contribution in [0.1, 0.15) is 39.0 Å². The summed E-state index contributed by atoms with van der Waals surface area (Å²) in [7, 11) is 2.07. The number of likely N-dealkylation sites (N-methyl/N-ethyl adjacent to an activating group) is 1. The number of carbonyl (C=O) groups excluding carboxylic acids is 1. The average Bonchev–Trinajstić information content (AvgIpc) is 2.53. The molecule has 2 aliphatic rings. The van der Waals surface area contributed by atoms with Crippen LogP contribution in [-0.2, 0) is 9.53 Å². The molecule has 0 aromatic rings. The van der Waals surface area contributed by atoms with Crippen LogP contribution in [0.25, 0.3) is 0 Å². The molecule has 6 heteroatoms. The molecule has 2 atom stereocenters. The van der Waals surface area contributed by atoms with Crippen LogP contribution in [0.15, 0.2) is 0 Å². The van der Waals surface area contributed by atoms with Crippen molar-refractivity contribution in [3.05, 3.63) is 0 Å². The van der Waals surface area contributed by atoms with E-state index >= 15 is 0 Å². The molecule has 2 rings (SSSR count). The van der Waals surface area contributed by atoms with Gasteiger partial charge in [-0.2, -0.15) is 5.26 Å². The fraction of sp³-hybridized carbons (Fsp3) is 0.875. The van der Waals surface area contributed by atoms with Crippen molar-refractivity contribution in [3.63, 3.8) is 0 Å². The zero-order chi connectivity index (χ0) is 16.0. The van der Waals surface area contributed by atoms with Crippen molar-refractivity contribution in [2.24, 2.45) is 0 Å². The van der Waals surface area contributed by atoms with E-state index in [2.05, 4.69) is 28.7 Å². The maximum Gasteiger partial charge on any atom is 0.238 e. The molecule has 0 unspecified atom stereocenters. The van der Waals surface area contributed by atoms with Gasteiger partial charge in [-0.1, -0.05) is 19.3 Å². The normalized spacial score (nSPS) is 26.9. The van der Waals surface area contributed by atoms with Crippen LogP contribution in [0.4, 0.5) is 0 Å². The molecule has 0 bridgehead atoms. The van der Waals surface area contributed by atoms with Crippen molar-refractivity contribution in [2.45, 2.75) is 56.7 Å². The Bertz CT molecular complexity index is 415. The highest BCUT2D eigenvalue weighted by Crippen LogP contribution is 2.27. The third-order valence-electron chi connectivity index (χ3n) is 4.67. The van der Waals surface area contributed by atoms with Gasteiger partial charge in [-0.05, 0) is 26.8 Å². The van der Waals surface area contributed by atoms with Gasteiger partial charge in [0.25, 0.3) is 0 Å². The Balaban J connectivity index is 1.77. The molecule has 124 valence electrons. The van der Waals surface area contributed by atoms with Gasteiger partial charge >= 0.3 is 0 Å². The van der Waals surface area contributed by atoms with E-state index in [1.54, 1.807) is 0 Å². The lowest BCUT2D eigenvalue weighted by Crippen LogP contribution is -2.55. The minimum absolute atomic E-state index is 0.0902. The van der Waals surface area contributed by atoms with Gasteiger partial charge in [0.15, 0.2) is 0 Å². The van der Waals surface area contributed by atoms with Crippen LogP contribution >= 0.6 is 0 Å². The molecule has 0 aromatic carbocycles. The minimum atomic E-state index is -0.660. The standard InChI is InChI=1S/C16H28N4O2/c1-13(18-10-14-11-20(2)8-9-22-14)15(21)19-16(12-17)6-4-3-5-7-16/h13-14,18H,3-11H2,1-2H3,(H,19,21)/t13-,14+/m0/s1. The number of nitriles is 1. The molecule has 1 saturated carbocycles. The van der Waals surface area contributed by atoms with Crippen LogP contribution in [0.3, 0.4) is 0 Å². The van der Waals surface area contributed by atoms with E-state index in [1.807, 2.05) is 6.92 Å². The second-order valence-electron chi connectivity index (χ2n) is 6.63. The van der Waals surface area contributed by atoms with Crippen molar-refractivity contribution < 1.29 is 9.53 Å². The lowest BCUT2D eigenvalue weighted by molar-refractivity contribution is -0.124. The van der Waals surface area contributed by atoms with Crippen molar-refractivity contribution in [1.82, 2.24) is 15.5 Å². The molecule has 1 aliphatic carbocycles. The van der Waals surface area contributed by atoms with Gasteiger partial charge in [0.1, 0.15) is 5.54 Å². The zero-order valence-electron chi connectivity index (χ0n) is 13.7. The van der Waals surface area contributed by atoms with Crippen LogP contribution < -0.4 is 10.6 Å². The summed E-state index contributed by atoms with van der Waals surface area (Å²) in [5, 5.41) is 15.6. The number of hydrogen-bond acceptors (Lipinski definition) is 5. The molecule has 0 radical (unpaired) electrons. The summed E-state index contributed by atoms with van der Waals surface area (Å²) in [6, 6.07) is 2.01. The summed E-state index contributed by atoms with van der Waals surface area (Å²) < 4.78 is 5.68. The van der Waals surface area contributed by atoms with E-state index in [1.165, 1.54) is 0 Å². The van der Waals surface area contributed by atoms with Gasteiger partial charge in [0, 0.05) is 19.6 Å². The van der Waals surface area contributed by atoms with Crippen LogP contribution in [0, 0.1) is 11.3 Å². The van der Waals surface area contributed by atoms with Crippen LogP contribution in [0.2, 0.25) is 0 Å². The quantitative estimate of drug-likeness (QED) is 0.779. The Morgan fingerprint density at radius 1 is 1.45 bits per heavy atom. The fourth-order valence-electron chi connectivity index (χ4n) is 3.16. The van der Waals surface area contributed by atoms with Gasteiger partial charge in [-0.25, -0.2) is 0 Å². The number of carbonyl (C=O) groups is 1. The number of nitrogens with one attached hydrogen (secondary N) is 2. The highest BCUT2D eigenvalue weighted by Gasteiger charge is 2.34. The number of nitrogens with zero attached hydrogens (tertiary/aromatic N) is 2. The first kappa shape index (κ1) is 17.2. The maximum absolute atomic E-state index is 12.3. The summed E-state index contributed by atoms with van der Waals surface area (Å²) in [4.78, 5) is 14.6. The van der Waals surface area contributed by atoms with Crippen LogP contribution in [0.5, 0.6) is 0 Å². The Hall–Kier alpha value is -1.16. The third kappa shape index (κ3) is 4.67. The average molecular weight is 308 g/mol. The SMILES string of the molecule is C[C@H](NC[C@@H]1CN(C)CCO1)C(=O)NC1(C#N)CCCCC1. The Morgan fingerprint density at radius 3 is 2.82 bits per heavy atom. The molecule has 1 aliphatic heterocycles. The van der Waals surface area contributed by atoms with Gasteiger partial charge in [0.05, 0.1) is 24.8 Å². The topological polar surface area (TPSA) is 77.4 Å². The fourth-order valence-corrected chi connectivity index (χ4v) is 3.16. The van der Waals surface area contributed by atoms with Crippen molar-refractivity contribution in [2.75, 3.05) is 33.3 Å². The number of morpholine rings is 1. The molecular weight excluding hydrogens is 280 g/mol. The summed E-state index contributed by atoms with van der Waals surface area (Å²) in [6.45, 7) is 5.07. The molecule has 6 nitrogen and oxygen atoms in total. The maximum atomic E-state index is 12.3. The summed E-state index contributed by atoms with van der Waals surface area (Å²) in [6.07, 6.45) is 4.82. The van der Waals surface area contributed by atoms with Gasteiger partial charge in [0.2, 0.25) is 5.91 Å². The first-order chi connectivity index (χ1) is 10.5. The first-order valence-corrected chi connectivity index (χ1v) is 8.31. The summed E-state index contributed by atoms with van der Waals surface area (Å²) in [5.74, 6) is -0.0902. The van der Waals surface area contributed by atoms with Gasteiger partial charge < -0.3 is 20.3 Å². The number of ether oxygens (including phenoxy) is 1. The predicted octanol–water partition coefficient (Wildman–Crippen LogP) is 0.638. The molecule has 2 fully saturated rings. The first-order valence-electron chi connectivity index (χ1n) is 8.31.